The highest BCUT2D eigenvalue weighted by atomic mass is 32.1. The van der Waals surface area contributed by atoms with E-state index in [2.05, 4.69) is 9.97 Å². The van der Waals surface area contributed by atoms with E-state index in [1.807, 2.05) is 19.1 Å². The molecule has 0 saturated carbocycles. The number of para-hydroxylation sites is 1. The SMILES string of the molecule is CCc1cccc2sc(N(Cc3ccccn3)C(=O)c3cc(C(F)(F)F)cc(C(F)(F)F)c3)nc12. The number of thiazole rings is 1. The van der Waals surface area contributed by atoms with Crippen LogP contribution in [0.25, 0.3) is 10.2 Å². The Balaban J connectivity index is 1.86. The predicted octanol–water partition coefficient (Wildman–Crippen LogP) is 7.14. The van der Waals surface area contributed by atoms with Gasteiger partial charge in [-0.2, -0.15) is 26.3 Å². The molecule has 0 bridgehead atoms. The molecule has 4 rings (SSSR count). The average Bonchev–Trinajstić information content (AvgIpc) is 3.25. The van der Waals surface area contributed by atoms with E-state index >= 15 is 0 Å². The second-order valence-corrected chi connectivity index (χ2v) is 8.63. The van der Waals surface area contributed by atoms with Gasteiger partial charge in [0.2, 0.25) is 0 Å². The van der Waals surface area contributed by atoms with Gasteiger partial charge in [0.25, 0.3) is 5.91 Å². The summed E-state index contributed by atoms with van der Waals surface area (Å²) in [6.45, 7) is 1.73. The number of carbonyl (C=O) groups excluding carboxylic acids is 1. The molecular weight excluding hydrogens is 492 g/mol. The Labute approximate surface area is 199 Å². The van der Waals surface area contributed by atoms with E-state index in [1.54, 1.807) is 24.3 Å². The molecule has 2 aromatic heterocycles. The largest absolute Gasteiger partial charge is 0.416 e. The lowest BCUT2D eigenvalue weighted by Crippen LogP contribution is -2.31. The molecule has 4 aromatic rings. The number of amides is 1. The van der Waals surface area contributed by atoms with Crippen LogP contribution in [0.15, 0.2) is 60.8 Å². The monoisotopic (exact) mass is 509 g/mol. The second kappa shape index (κ2) is 9.29. The molecule has 0 atom stereocenters. The van der Waals surface area contributed by atoms with Crippen molar-refractivity contribution in [1.82, 2.24) is 9.97 Å². The molecule has 35 heavy (non-hydrogen) atoms. The average molecular weight is 509 g/mol. The van der Waals surface area contributed by atoms with Crippen molar-refractivity contribution >= 4 is 32.6 Å². The van der Waals surface area contributed by atoms with Crippen molar-refractivity contribution in [2.24, 2.45) is 0 Å². The van der Waals surface area contributed by atoms with Crippen molar-refractivity contribution in [2.45, 2.75) is 32.2 Å². The molecule has 0 saturated heterocycles. The standard InChI is InChI=1S/C24H17F6N3OS/c1-2-14-6-5-8-19-20(14)32-22(35-19)33(13-18-7-3-4-9-31-18)21(34)15-10-16(23(25,26)27)12-17(11-15)24(28,29)30/h3-12H,2,13H2,1H3. The van der Waals surface area contributed by atoms with Gasteiger partial charge in [0.1, 0.15) is 0 Å². The number of nitrogens with zero attached hydrogens (tertiary/aromatic N) is 3. The van der Waals surface area contributed by atoms with Crippen LogP contribution in [0.5, 0.6) is 0 Å². The lowest BCUT2D eigenvalue weighted by atomic mass is 10.0. The minimum absolute atomic E-state index is 0.00884. The van der Waals surface area contributed by atoms with E-state index in [0.29, 0.717) is 29.8 Å². The lowest BCUT2D eigenvalue weighted by molar-refractivity contribution is -0.143. The number of aryl methyl sites for hydroxylation is 1. The van der Waals surface area contributed by atoms with E-state index in [0.717, 1.165) is 26.5 Å². The molecule has 0 aliphatic carbocycles. The number of anilines is 1. The van der Waals surface area contributed by atoms with Gasteiger partial charge in [-0.25, -0.2) is 4.98 Å². The summed E-state index contributed by atoms with van der Waals surface area (Å²) in [7, 11) is 0. The molecule has 0 aliphatic heterocycles. The highest BCUT2D eigenvalue weighted by Crippen LogP contribution is 2.38. The molecule has 2 aromatic carbocycles. The summed E-state index contributed by atoms with van der Waals surface area (Å²) in [6, 6.07) is 11.2. The van der Waals surface area contributed by atoms with E-state index in [1.165, 1.54) is 6.20 Å². The molecule has 0 aliphatic rings. The quantitative estimate of drug-likeness (QED) is 0.269. The van der Waals surface area contributed by atoms with E-state index in [-0.39, 0.29) is 17.7 Å². The minimum Gasteiger partial charge on any atom is -0.278 e. The second-order valence-electron chi connectivity index (χ2n) is 7.62. The van der Waals surface area contributed by atoms with Crippen LogP contribution in [-0.2, 0) is 25.3 Å². The van der Waals surface area contributed by atoms with Gasteiger partial charge in [0, 0.05) is 11.8 Å². The molecule has 0 fully saturated rings. The van der Waals surface area contributed by atoms with Gasteiger partial charge in [0.15, 0.2) is 5.13 Å². The maximum absolute atomic E-state index is 13.5. The Morgan fingerprint density at radius 2 is 1.63 bits per heavy atom. The van der Waals surface area contributed by atoms with Gasteiger partial charge >= 0.3 is 12.4 Å². The summed E-state index contributed by atoms with van der Waals surface area (Å²) >= 11 is 1.12. The summed E-state index contributed by atoms with van der Waals surface area (Å²) < 4.78 is 81.0. The number of alkyl halides is 6. The van der Waals surface area contributed by atoms with Gasteiger partial charge in [-0.15, -0.1) is 0 Å². The van der Waals surface area contributed by atoms with Crippen LogP contribution >= 0.6 is 11.3 Å². The van der Waals surface area contributed by atoms with E-state index in [4.69, 9.17) is 0 Å². The molecule has 182 valence electrons. The van der Waals surface area contributed by atoms with Crippen LogP contribution in [0.3, 0.4) is 0 Å². The number of pyridine rings is 1. The first kappa shape index (κ1) is 24.6. The fourth-order valence-corrected chi connectivity index (χ4v) is 4.52. The molecule has 2 heterocycles. The maximum Gasteiger partial charge on any atom is 0.416 e. The van der Waals surface area contributed by atoms with Crippen molar-refractivity contribution in [2.75, 3.05) is 4.90 Å². The first-order chi connectivity index (χ1) is 16.5. The molecular formula is C24H17F6N3OS. The first-order valence-electron chi connectivity index (χ1n) is 10.4. The molecule has 0 spiro atoms. The van der Waals surface area contributed by atoms with E-state index < -0.39 is 35.0 Å². The normalized spacial score (nSPS) is 12.2. The highest BCUT2D eigenvalue weighted by Gasteiger charge is 2.38. The number of hydrogen-bond donors (Lipinski definition) is 0. The molecule has 4 nitrogen and oxygen atoms in total. The number of fused-ring (bicyclic) bond motifs is 1. The number of halogens is 6. The van der Waals surface area contributed by atoms with Crippen molar-refractivity contribution in [3.05, 3.63) is 88.7 Å². The highest BCUT2D eigenvalue weighted by molar-refractivity contribution is 7.22. The zero-order chi connectivity index (χ0) is 25.4. The van der Waals surface area contributed by atoms with Crippen molar-refractivity contribution in [3.63, 3.8) is 0 Å². The smallest absolute Gasteiger partial charge is 0.278 e. The van der Waals surface area contributed by atoms with Crippen LogP contribution in [0.2, 0.25) is 0 Å². The topological polar surface area (TPSA) is 46.1 Å². The molecule has 11 heteroatoms. The summed E-state index contributed by atoms with van der Waals surface area (Å²) in [5.74, 6) is -1.05. The third-order valence-electron chi connectivity index (χ3n) is 5.23. The van der Waals surface area contributed by atoms with Crippen molar-refractivity contribution in [1.29, 1.82) is 0 Å². The third-order valence-corrected chi connectivity index (χ3v) is 6.27. The van der Waals surface area contributed by atoms with Crippen LogP contribution in [0, 0.1) is 0 Å². The van der Waals surface area contributed by atoms with Gasteiger partial charge in [-0.05, 0) is 48.4 Å². The molecule has 0 N–H and O–H groups in total. The third kappa shape index (κ3) is 5.29. The van der Waals surface area contributed by atoms with Crippen molar-refractivity contribution in [3.8, 4) is 0 Å². The summed E-state index contributed by atoms with van der Waals surface area (Å²) in [4.78, 5) is 23.2. The maximum atomic E-state index is 13.5. The summed E-state index contributed by atoms with van der Waals surface area (Å²) in [5.41, 5.74) is -1.98. The fraction of sp³-hybridized carbons (Fsp3) is 0.208. The van der Waals surface area contributed by atoms with Crippen molar-refractivity contribution < 1.29 is 31.1 Å². The van der Waals surface area contributed by atoms with Gasteiger partial charge in [-0.3, -0.25) is 14.7 Å². The lowest BCUT2D eigenvalue weighted by Gasteiger charge is -2.21. The van der Waals surface area contributed by atoms with Gasteiger partial charge in [0.05, 0.1) is 33.6 Å². The van der Waals surface area contributed by atoms with E-state index in [9.17, 15) is 31.1 Å². The Morgan fingerprint density at radius 1 is 0.943 bits per heavy atom. The van der Waals surface area contributed by atoms with Gasteiger partial charge in [-0.1, -0.05) is 36.5 Å². The summed E-state index contributed by atoms with van der Waals surface area (Å²) in [5, 5.41) is 0.141. The molecule has 0 radical (unpaired) electrons. The number of hydrogen-bond acceptors (Lipinski definition) is 4. The Morgan fingerprint density at radius 3 is 2.20 bits per heavy atom. The zero-order valence-electron chi connectivity index (χ0n) is 18.1. The number of benzene rings is 2. The Hall–Kier alpha value is -3.47. The first-order valence-corrected chi connectivity index (χ1v) is 11.2. The van der Waals surface area contributed by atoms with Gasteiger partial charge < -0.3 is 0 Å². The molecule has 0 unspecified atom stereocenters. The predicted molar refractivity (Wildman–Crippen MR) is 120 cm³/mol. The fourth-order valence-electron chi connectivity index (χ4n) is 3.51. The van der Waals surface area contributed by atoms with Crippen LogP contribution < -0.4 is 4.90 Å². The number of aromatic nitrogens is 2. The summed E-state index contributed by atoms with van der Waals surface area (Å²) in [6.07, 6.45) is -8.03. The number of rotatable bonds is 5. The molecule has 1 amide bonds. The number of carbonyl (C=O) groups is 1. The van der Waals surface area contributed by atoms with Crippen LogP contribution in [0.1, 0.15) is 39.7 Å². The Bertz CT molecular complexity index is 1330. The zero-order valence-corrected chi connectivity index (χ0v) is 18.9. The van der Waals surface area contributed by atoms with Crippen LogP contribution in [0.4, 0.5) is 31.5 Å². The van der Waals surface area contributed by atoms with Crippen LogP contribution in [-0.4, -0.2) is 15.9 Å². The Kier molecular flexibility index (Phi) is 6.54. The minimum atomic E-state index is -5.08.